The summed E-state index contributed by atoms with van der Waals surface area (Å²) in [5.41, 5.74) is 0. The second kappa shape index (κ2) is 39.7. The van der Waals surface area contributed by atoms with Crippen LogP contribution in [0.25, 0.3) is 0 Å². The van der Waals surface area contributed by atoms with Crippen molar-refractivity contribution >= 4 is 13.7 Å². The van der Waals surface area contributed by atoms with Crippen molar-refractivity contribution in [3.63, 3.8) is 0 Å². The van der Waals surface area contributed by atoms with Gasteiger partial charge in [-0.15, -0.1) is 0 Å². The number of hydrogen-bond donors (Lipinski definition) is 2. The Morgan fingerprint density at radius 3 is 1.34 bits per heavy atom. The highest BCUT2D eigenvalue weighted by Crippen LogP contribution is 2.38. The summed E-state index contributed by atoms with van der Waals surface area (Å²) in [7, 11) is 1.27. The zero-order valence-electron chi connectivity index (χ0n) is 37.9. The van der Waals surface area contributed by atoms with Gasteiger partial charge < -0.3 is 28.8 Å². The molecule has 0 rings (SSSR count). The number of amides is 1. The number of unbranched alkanes of at least 4 members (excludes halogenated alkanes) is 31. The van der Waals surface area contributed by atoms with Crippen LogP contribution in [0.3, 0.4) is 0 Å². The van der Waals surface area contributed by atoms with Crippen LogP contribution in [0, 0.1) is 0 Å². The molecule has 0 aromatic heterocycles. The first-order valence-corrected chi connectivity index (χ1v) is 25.5. The largest absolute Gasteiger partial charge is 0.756 e. The smallest absolute Gasteiger partial charge is 0.268 e. The number of phosphoric acid groups is 1. The minimum absolute atomic E-state index is 0.00218. The fraction of sp³-hybridized carbons (Fsp3) is 0.936. The fourth-order valence-electron chi connectivity index (χ4n) is 7.15. The van der Waals surface area contributed by atoms with E-state index < -0.39 is 20.0 Å². The number of nitrogens with zero attached hydrogens (tertiary/aromatic N) is 1. The molecular formula is C47H95N2O6P. The number of carbonyl (C=O) groups excluding carboxylic acids is 1. The summed E-state index contributed by atoms with van der Waals surface area (Å²) in [4.78, 5) is 25.3. The van der Waals surface area contributed by atoms with E-state index in [0.29, 0.717) is 17.4 Å². The maximum absolute atomic E-state index is 12.9. The molecule has 0 spiro atoms. The van der Waals surface area contributed by atoms with Crippen molar-refractivity contribution in [2.45, 2.75) is 244 Å². The van der Waals surface area contributed by atoms with Gasteiger partial charge in [0.1, 0.15) is 13.2 Å². The molecule has 0 saturated heterocycles. The lowest BCUT2D eigenvalue weighted by atomic mass is 10.0. The first-order valence-electron chi connectivity index (χ1n) is 24.1. The second-order valence-corrected chi connectivity index (χ2v) is 19.2. The number of aliphatic hydroxyl groups excluding tert-OH is 1. The average Bonchev–Trinajstić information content (AvgIpc) is 3.15. The Morgan fingerprint density at radius 1 is 0.607 bits per heavy atom. The van der Waals surface area contributed by atoms with Crippen LogP contribution in [-0.2, 0) is 18.4 Å². The Morgan fingerprint density at radius 2 is 0.964 bits per heavy atom. The molecule has 0 heterocycles. The number of quaternary nitrogens is 1. The highest BCUT2D eigenvalue weighted by atomic mass is 31.2. The maximum Gasteiger partial charge on any atom is 0.268 e. The van der Waals surface area contributed by atoms with E-state index in [1.165, 1.54) is 173 Å². The average molecular weight is 815 g/mol. The Bertz CT molecular complexity index is 927. The molecule has 0 radical (unpaired) electrons. The van der Waals surface area contributed by atoms with E-state index in [2.05, 4.69) is 19.2 Å². The van der Waals surface area contributed by atoms with Crippen LogP contribution >= 0.6 is 7.82 Å². The van der Waals surface area contributed by atoms with Gasteiger partial charge in [0.25, 0.3) is 7.82 Å². The van der Waals surface area contributed by atoms with Crippen LogP contribution in [0.15, 0.2) is 12.2 Å². The summed E-state index contributed by atoms with van der Waals surface area (Å²) in [5.74, 6) is -0.194. The van der Waals surface area contributed by atoms with Gasteiger partial charge >= 0.3 is 0 Å². The number of carbonyl (C=O) groups is 1. The number of allylic oxidation sites excluding steroid dienone is 1. The van der Waals surface area contributed by atoms with Crippen molar-refractivity contribution < 1.29 is 32.9 Å². The van der Waals surface area contributed by atoms with Gasteiger partial charge in [0, 0.05) is 6.42 Å². The monoisotopic (exact) mass is 815 g/mol. The summed E-state index contributed by atoms with van der Waals surface area (Å²) in [6.45, 7) is 4.66. The minimum atomic E-state index is -4.58. The molecule has 0 aromatic rings. The van der Waals surface area contributed by atoms with Crippen molar-refractivity contribution in [1.82, 2.24) is 5.32 Å². The van der Waals surface area contributed by atoms with Crippen LogP contribution in [0.5, 0.6) is 0 Å². The molecule has 0 aliphatic carbocycles. The third-order valence-corrected chi connectivity index (χ3v) is 12.0. The van der Waals surface area contributed by atoms with E-state index in [1.54, 1.807) is 6.08 Å². The van der Waals surface area contributed by atoms with Gasteiger partial charge in [-0.05, 0) is 19.3 Å². The number of rotatable bonds is 44. The van der Waals surface area contributed by atoms with Gasteiger partial charge in [0.15, 0.2) is 0 Å². The van der Waals surface area contributed by atoms with Crippen molar-refractivity contribution in [3.8, 4) is 0 Å². The predicted octanol–water partition coefficient (Wildman–Crippen LogP) is 12.9. The maximum atomic E-state index is 12.9. The molecule has 334 valence electrons. The van der Waals surface area contributed by atoms with Crippen molar-refractivity contribution in [3.05, 3.63) is 12.2 Å². The number of aliphatic hydroxyl groups is 1. The highest BCUT2D eigenvalue weighted by Gasteiger charge is 2.23. The molecule has 1 amide bonds. The third kappa shape index (κ3) is 41.4. The molecule has 1 unspecified atom stereocenters. The molecule has 0 saturated carbocycles. The molecular weight excluding hydrogens is 719 g/mol. The van der Waals surface area contributed by atoms with Gasteiger partial charge in [0.05, 0.1) is 39.9 Å². The van der Waals surface area contributed by atoms with Gasteiger partial charge in [-0.3, -0.25) is 9.36 Å². The van der Waals surface area contributed by atoms with E-state index in [0.717, 1.165) is 38.5 Å². The molecule has 2 N–H and O–H groups in total. The fourth-order valence-corrected chi connectivity index (χ4v) is 7.88. The zero-order valence-corrected chi connectivity index (χ0v) is 38.7. The molecule has 0 aliphatic rings. The Labute approximate surface area is 348 Å². The van der Waals surface area contributed by atoms with Crippen LogP contribution in [0.4, 0.5) is 0 Å². The molecule has 8 nitrogen and oxygen atoms in total. The van der Waals surface area contributed by atoms with Gasteiger partial charge in [-0.25, -0.2) is 0 Å². The van der Waals surface area contributed by atoms with E-state index in [1.807, 2.05) is 27.2 Å². The van der Waals surface area contributed by atoms with Gasteiger partial charge in [-0.2, -0.15) is 0 Å². The normalized spacial score (nSPS) is 14.3. The van der Waals surface area contributed by atoms with Crippen molar-refractivity contribution in [2.75, 3.05) is 40.9 Å². The third-order valence-electron chi connectivity index (χ3n) is 11.0. The standard InChI is InChI=1S/C47H95N2O6P/c1-6-8-10-12-14-16-18-20-21-22-23-24-25-26-27-29-31-33-35-37-39-41-47(51)48-45(44-55-56(52,53)54-43-42-49(3,4)5)46(50)40-38-36-34-32-30-28-19-17-15-13-11-9-7-2/h38,40,45-46,50H,6-37,39,41-44H2,1-5H3,(H-,48,51,52,53)/t45-,46+/m0/s1. The van der Waals surface area contributed by atoms with Crippen LogP contribution in [-0.4, -0.2) is 68.5 Å². The molecule has 0 fully saturated rings. The zero-order chi connectivity index (χ0) is 41.4. The summed E-state index contributed by atoms with van der Waals surface area (Å²) in [6, 6.07) is -0.879. The summed E-state index contributed by atoms with van der Waals surface area (Å²) in [6.07, 6.45) is 45.4. The SMILES string of the molecule is CCCCCCCCCCCCCC=C[C@@H](O)[C@H](COP(=O)([O-])OCC[N+](C)(C)C)NC(=O)CCCCCCCCCCCCCCCCCCCCCCC. The first-order chi connectivity index (χ1) is 27.0. The van der Waals surface area contributed by atoms with Gasteiger partial charge in [-0.1, -0.05) is 219 Å². The number of nitrogens with one attached hydrogen (secondary N) is 1. The predicted molar refractivity (Wildman–Crippen MR) is 238 cm³/mol. The summed E-state index contributed by atoms with van der Waals surface area (Å²) >= 11 is 0. The summed E-state index contributed by atoms with van der Waals surface area (Å²) in [5, 5.41) is 13.8. The van der Waals surface area contributed by atoms with E-state index >= 15 is 0 Å². The van der Waals surface area contributed by atoms with Crippen molar-refractivity contribution in [1.29, 1.82) is 0 Å². The Kier molecular flexibility index (Phi) is 39.1. The van der Waals surface area contributed by atoms with Gasteiger partial charge in [0.2, 0.25) is 5.91 Å². The molecule has 0 aliphatic heterocycles. The van der Waals surface area contributed by atoms with Crippen LogP contribution < -0.4 is 10.2 Å². The first kappa shape index (κ1) is 55.2. The topological polar surface area (TPSA) is 108 Å². The number of likely N-dealkylation sites (N-methyl/N-ethyl adjacent to an activating group) is 1. The molecule has 9 heteroatoms. The quantitative estimate of drug-likeness (QED) is 0.0274. The van der Waals surface area contributed by atoms with E-state index in [9.17, 15) is 19.4 Å². The summed E-state index contributed by atoms with van der Waals surface area (Å²) < 4.78 is 23.2. The van der Waals surface area contributed by atoms with E-state index in [4.69, 9.17) is 9.05 Å². The molecule has 0 aromatic carbocycles. The van der Waals surface area contributed by atoms with Crippen molar-refractivity contribution in [2.24, 2.45) is 0 Å². The minimum Gasteiger partial charge on any atom is -0.756 e. The molecule has 0 bridgehead atoms. The van der Waals surface area contributed by atoms with Crippen LogP contribution in [0.2, 0.25) is 0 Å². The molecule has 56 heavy (non-hydrogen) atoms. The lowest BCUT2D eigenvalue weighted by molar-refractivity contribution is -0.870. The highest BCUT2D eigenvalue weighted by molar-refractivity contribution is 7.45. The van der Waals surface area contributed by atoms with Crippen LogP contribution in [0.1, 0.15) is 232 Å². The Hall–Kier alpha value is -0.760. The Balaban J connectivity index is 4.26. The number of phosphoric ester groups is 1. The molecule has 3 atom stereocenters. The number of hydrogen-bond acceptors (Lipinski definition) is 6. The second-order valence-electron chi connectivity index (χ2n) is 17.8. The lowest BCUT2D eigenvalue weighted by Crippen LogP contribution is -2.45. The lowest BCUT2D eigenvalue weighted by Gasteiger charge is -2.29. The van der Waals surface area contributed by atoms with E-state index in [-0.39, 0.29) is 19.1 Å².